The molecule has 2 rings (SSSR count). The molecule has 74 valence electrons. The van der Waals surface area contributed by atoms with Crippen molar-refractivity contribution in [3.63, 3.8) is 0 Å². The van der Waals surface area contributed by atoms with Gasteiger partial charge in [-0.05, 0) is 31.6 Å². The SMILES string of the molecule is NC(=NCC1CC(O)C1)NC1CC1. The van der Waals surface area contributed by atoms with Crippen molar-refractivity contribution >= 4 is 5.96 Å². The van der Waals surface area contributed by atoms with Crippen molar-refractivity contribution in [2.45, 2.75) is 37.8 Å². The lowest BCUT2D eigenvalue weighted by molar-refractivity contribution is 0.0471. The molecule has 0 aromatic carbocycles. The van der Waals surface area contributed by atoms with Gasteiger partial charge in [-0.1, -0.05) is 0 Å². The van der Waals surface area contributed by atoms with Crippen LogP contribution < -0.4 is 11.1 Å². The van der Waals surface area contributed by atoms with Crippen LogP contribution in [0.5, 0.6) is 0 Å². The van der Waals surface area contributed by atoms with Gasteiger partial charge in [0.25, 0.3) is 0 Å². The molecule has 0 bridgehead atoms. The van der Waals surface area contributed by atoms with E-state index in [1.54, 1.807) is 0 Å². The van der Waals surface area contributed by atoms with E-state index in [0.29, 0.717) is 17.9 Å². The number of aliphatic hydroxyl groups excluding tert-OH is 1. The van der Waals surface area contributed by atoms with Crippen LogP contribution in [0.3, 0.4) is 0 Å². The molecule has 0 radical (unpaired) electrons. The number of rotatable bonds is 3. The zero-order chi connectivity index (χ0) is 9.26. The molecule has 2 saturated carbocycles. The first kappa shape index (κ1) is 8.81. The topological polar surface area (TPSA) is 70.6 Å². The summed E-state index contributed by atoms with van der Waals surface area (Å²) in [6.45, 7) is 0.766. The molecule has 2 fully saturated rings. The third kappa shape index (κ3) is 2.59. The number of hydrogen-bond donors (Lipinski definition) is 3. The number of hydrogen-bond acceptors (Lipinski definition) is 2. The Morgan fingerprint density at radius 2 is 2.15 bits per heavy atom. The fourth-order valence-corrected chi connectivity index (χ4v) is 1.56. The maximum atomic E-state index is 9.04. The van der Waals surface area contributed by atoms with Gasteiger partial charge in [-0.25, -0.2) is 0 Å². The Bertz CT molecular complexity index is 207. The molecule has 4 nitrogen and oxygen atoms in total. The largest absolute Gasteiger partial charge is 0.393 e. The zero-order valence-corrected chi connectivity index (χ0v) is 7.74. The standard InChI is InChI=1S/C9H17N3O/c10-9(12-7-1-2-7)11-5-6-3-8(13)4-6/h6-8,13H,1-5H2,(H3,10,11,12). The highest BCUT2D eigenvalue weighted by molar-refractivity contribution is 5.78. The molecule has 2 aliphatic rings. The van der Waals surface area contributed by atoms with E-state index in [1.807, 2.05) is 0 Å². The Hall–Kier alpha value is -0.770. The van der Waals surface area contributed by atoms with Crippen molar-refractivity contribution in [2.24, 2.45) is 16.6 Å². The molecular weight excluding hydrogens is 166 g/mol. The minimum atomic E-state index is -0.0854. The monoisotopic (exact) mass is 183 g/mol. The van der Waals surface area contributed by atoms with Crippen molar-refractivity contribution < 1.29 is 5.11 Å². The highest BCUT2D eigenvalue weighted by Gasteiger charge is 2.27. The predicted octanol–water partition coefficient (Wildman–Crippen LogP) is -0.176. The molecule has 0 aromatic heterocycles. The molecule has 0 saturated heterocycles. The molecule has 13 heavy (non-hydrogen) atoms. The minimum Gasteiger partial charge on any atom is -0.393 e. The predicted molar refractivity (Wildman–Crippen MR) is 51.4 cm³/mol. The van der Waals surface area contributed by atoms with Crippen molar-refractivity contribution in [1.29, 1.82) is 0 Å². The van der Waals surface area contributed by atoms with Gasteiger partial charge >= 0.3 is 0 Å². The molecule has 0 amide bonds. The molecule has 0 aromatic rings. The molecular formula is C9H17N3O. The number of nitrogens with one attached hydrogen (secondary N) is 1. The maximum Gasteiger partial charge on any atom is 0.188 e. The summed E-state index contributed by atoms with van der Waals surface area (Å²) in [6, 6.07) is 0.579. The Balaban J connectivity index is 1.64. The second-order valence-corrected chi connectivity index (χ2v) is 4.14. The highest BCUT2D eigenvalue weighted by Crippen LogP contribution is 2.27. The summed E-state index contributed by atoms with van der Waals surface area (Å²) in [7, 11) is 0. The molecule has 0 atom stereocenters. The van der Waals surface area contributed by atoms with Crippen LogP contribution in [-0.2, 0) is 0 Å². The van der Waals surface area contributed by atoms with Gasteiger partial charge < -0.3 is 16.2 Å². The van der Waals surface area contributed by atoms with Crippen LogP contribution in [0, 0.1) is 5.92 Å². The maximum absolute atomic E-state index is 9.04. The number of nitrogens with two attached hydrogens (primary N) is 1. The van der Waals surface area contributed by atoms with Crippen molar-refractivity contribution in [1.82, 2.24) is 5.32 Å². The summed E-state index contributed by atoms with van der Waals surface area (Å²) >= 11 is 0. The Morgan fingerprint density at radius 1 is 1.46 bits per heavy atom. The van der Waals surface area contributed by atoms with E-state index in [-0.39, 0.29) is 6.10 Å². The van der Waals surface area contributed by atoms with Gasteiger partial charge in [0.1, 0.15) is 0 Å². The van der Waals surface area contributed by atoms with Gasteiger partial charge in [-0.3, -0.25) is 4.99 Å². The lowest BCUT2D eigenvalue weighted by Crippen LogP contribution is -2.35. The second kappa shape index (κ2) is 3.54. The summed E-state index contributed by atoms with van der Waals surface area (Å²) in [5.74, 6) is 1.12. The van der Waals surface area contributed by atoms with Gasteiger partial charge in [0.2, 0.25) is 0 Å². The number of guanidine groups is 1. The summed E-state index contributed by atoms with van der Waals surface area (Å²) in [6.07, 6.45) is 4.13. The third-order valence-corrected chi connectivity index (χ3v) is 2.66. The lowest BCUT2D eigenvalue weighted by atomic mass is 9.83. The van der Waals surface area contributed by atoms with E-state index in [4.69, 9.17) is 10.8 Å². The van der Waals surface area contributed by atoms with E-state index >= 15 is 0 Å². The van der Waals surface area contributed by atoms with Crippen LogP contribution in [0.15, 0.2) is 4.99 Å². The average molecular weight is 183 g/mol. The number of aliphatic hydroxyl groups is 1. The minimum absolute atomic E-state index is 0.0854. The molecule has 4 N–H and O–H groups in total. The Morgan fingerprint density at radius 3 is 2.69 bits per heavy atom. The number of nitrogens with zero attached hydrogens (tertiary/aromatic N) is 1. The first-order chi connectivity index (χ1) is 6.24. The first-order valence-corrected chi connectivity index (χ1v) is 4.98. The average Bonchev–Trinajstić information content (AvgIpc) is 2.79. The van der Waals surface area contributed by atoms with Crippen LogP contribution >= 0.6 is 0 Å². The van der Waals surface area contributed by atoms with Crippen molar-refractivity contribution in [3.8, 4) is 0 Å². The van der Waals surface area contributed by atoms with Crippen LogP contribution in [0.1, 0.15) is 25.7 Å². The van der Waals surface area contributed by atoms with Gasteiger partial charge in [0, 0.05) is 12.6 Å². The lowest BCUT2D eigenvalue weighted by Gasteiger charge is -2.29. The normalized spacial score (nSPS) is 34.1. The molecule has 0 aliphatic heterocycles. The summed E-state index contributed by atoms with van der Waals surface area (Å²) in [5.41, 5.74) is 5.65. The van der Waals surface area contributed by atoms with Crippen LogP contribution in [0.2, 0.25) is 0 Å². The van der Waals surface area contributed by atoms with Crippen LogP contribution in [-0.4, -0.2) is 29.8 Å². The highest BCUT2D eigenvalue weighted by atomic mass is 16.3. The molecule has 4 heteroatoms. The van der Waals surface area contributed by atoms with Gasteiger partial charge in [0.05, 0.1) is 6.10 Å². The van der Waals surface area contributed by atoms with E-state index in [0.717, 1.165) is 19.4 Å². The van der Waals surface area contributed by atoms with Gasteiger partial charge in [-0.2, -0.15) is 0 Å². The quantitative estimate of drug-likeness (QED) is 0.420. The van der Waals surface area contributed by atoms with E-state index in [2.05, 4.69) is 10.3 Å². The van der Waals surface area contributed by atoms with Crippen molar-refractivity contribution in [3.05, 3.63) is 0 Å². The van der Waals surface area contributed by atoms with E-state index < -0.39 is 0 Å². The Kier molecular flexibility index (Phi) is 2.40. The second-order valence-electron chi connectivity index (χ2n) is 4.14. The van der Waals surface area contributed by atoms with Crippen LogP contribution in [0.4, 0.5) is 0 Å². The molecule has 0 heterocycles. The number of aliphatic imine (C=N–C) groups is 1. The first-order valence-electron chi connectivity index (χ1n) is 4.98. The van der Waals surface area contributed by atoms with Gasteiger partial charge in [0.15, 0.2) is 5.96 Å². The fourth-order valence-electron chi connectivity index (χ4n) is 1.56. The zero-order valence-electron chi connectivity index (χ0n) is 7.74. The van der Waals surface area contributed by atoms with Crippen molar-refractivity contribution in [2.75, 3.05) is 6.54 Å². The summed E-state index contributed by atoms with van der Waals surface area (Å²) in [4.78, 5) is 4.23. The fraction of sp³-hybridized carbons (Fsp3) is 0.889. The van der Waals surface area contributed by atoms with E-state index in [1.165, 1.54) is 12.8 Å². The third-order valence-electron chi connectivity index (χ3n) is 2.66. The van der Waals surface area contributed by atoms with Crippen LogP contribution in [0.25, 0.3) is 0 Å². The van der Waals surface area contributed by atoms with Gasteiger partial charge in [-0.15, -0.1) is 0 Å². The van der Waals surface area contributed by atoms with E-state index in [9.17, 15) is 0 Å². The molecule has 0 spiro atoms. The molecule has 0 unspecified atom stereocenters. The molecule has 2 aliphatic carbocycles. The summed E-state index contributed by atoms with van der Waals surface area (Å²) in [5, 5.41) is 12.2. The summed E-state index contributed by atoms with van der Waals surface area (Å²) < 4.78 is 0. The Labute approximate surface area is 78.2 Å². The smallest absolute Gasteiger partial charge is 0.188 e.